The van der Waals surface area contributed by atoms with Crippen LogP contribution in [0.2, 0.25) is 0 Å². The van der Waals surface area contributed by atoms with E-state index in [2.05, 4.69) is 5.32 Å². The summed E-state index contributed by atoms with van der Waals surface area (Å²) >= 11 is 0. The molecule has 1 fully saturated rings. The van der Waals surface area contributed by atoms with Crippen LogP contribution in [0.3, 0.4) is 0 Å². The topological polar surface area (TPSA) is 88.1 Å². The van der Waals surface area contributed by atoms with Gasteiger partial charge in [-0.3, -0.25) is 0 Å². The first-order valence-corrected chi connectivity index (χ1v) is 6.60. The molecule has 0 aromatic heterocycles. The normalized spacial score (nSPS) is 18.2. The third kappa shape index (κ3) is 3.63. The number of urea groups is 1. The number of amides is 2. The maximum absolute atomic E-state index is 12.1. The summed E-state index contributed by atoms with van der Waals surface area (Å²) in [4.78, 5) is 24.8. The summed E-state index contributed by atoms with van der Waals surface area (Å²) in [7, 11) is 1.39. The average Bonchev–Trinajstić information content (AvgIpc) is 2.46. The van der Waals surface area contributed by atoms with E-state index in [1.807, 2.05) is 6.92 Å². The molecule has 1 aliphatic rings. The van der Waals surface area contributed by atoms with Gasteiger partial charge in [0.05, 0.1) is 19.8 Å². The zero-order chi connectivity index (χ0) is 15.4. The van der Waals surface area contributed by atoms with Crippen LogP contribution < -0.4 is 10.1 Å². The van der Waals surface area contributed by atoms with Crippen LogP contribution in [0.1, 0.15) is 17.3 Å². The van der Waals surface area contributed by atoms with Crippen molar-refractivity contribution in [1.29, 1.82) is 0 Å². The van der Waals surface area contributed by atoms with Crippen molar-refractivity contribution in [3.63, 3.8) is 0 Å². The first-order valence-electron chi connectivity index (χ1n) is 6.60. The molecule has 1 aromatic carbocycles. The molecule has 0 aliphatic carbocycles. The molecule has 21 heavy (non-hydrogen) atoms. The maximum Gasteiger partial charge on any atom is 0.339 e. The van der Waals surface area contributed by atoms with Crippen molar-refractivity contribution >= 4 is 17.7 Å². The van der Waals surface area contributed by atoms with Crippen molar-refractivity contribution in [3.05, 3.63) is 23.8 Å². The standard InChI is InChI=1S/C14H18N2O5/c1-9-8-16(5-6-21-9)14(19)15-10-3-4-11(13(17)18)12(7-10)20-2/h3-4,7,9H,5-6,8H2,1-2H3,(H,15,19)(H,17,18). The number of carboxylic acid groups (broad SMARTS) is 1. The van der Waals surface area contributed by atoms with Gasteiger partial charge in [0.2, 0.25) is 0 Å². The summed E-state index contributed by atoms with van der Waals surface area (Å²) < 4.78 is 10.4. The number of methoxy groups -OCH3 is 1. The van der Waals surface area contributed by atoms with Crippen molar-refractivity contribution in [2.24, 2.45) is 0 Å². The highest BCUT2D eigenvalue weighted by Crippen LogP contribution is 2.23. The van der Waals surface area contributed by atoms with E-state index in [9.17, 15) is 9.59 Å². The van der Waals surface area contributed by atoms with Gasteiger partial charge in [-0.15, -0.1) is 0 Å². The molecule has 0 radical (unpaired) electrons. The number of anilines is 1. The number of carbonyl (C=O) groups is 2. The number of rotatable bonds is 3. The number of nitrogens with one attached hydrogen (secondary N) is 1. The number of nitrogens with zero attached hydrogens (tertiary/aromatic N) is 1. The van der Waals surface area contributed by atoms with Gasteiger partial charge in [0.15, 0.2) is 0 Å². The summed E-state index contributed by atoms with van der Waals surface area (Å²) in [5.41, 5.74) is 0.538. The third-order valence-corrected chi connectivity index (χ3v) is 3.21. The monoisotopic (exact) mass is 294 g/mol. The van der Waals surface area contributed by atoms with E-state index < -0.39 is 5.97 Å². The predicted molar refractivity (Wildman–Crippen MR) is 76.0 cm³/mol. The second-order valence-corrected chi connectivity index (χ2v) is 4.78. The first-order chi connectivity index (χ1) is 10.0. The van der Waals surface area contributed by atoms with Gasteiger partial charge in [-0.2, -0.15) is 0 Å². The summed E-state index contributed by atoms with van der Waals surface area (Å²) in [5.74, 6) is -0.873. The van der Waals surface area contributed by atoms with Gasteiger partial charge in [0, 0.05) is 24.8 Å². The van der Waals surface area contributed by atoms with E-state index in [1.165, 1.54) is 25.3 Å². The molecule has 0 spiro atoms. The Hall–Kier alpha value is -2.28. The quantitative estimate of drug-likeness (QED) is 0.885. The number of hydrogen-bond donors (Lipinski definition) is 2. The second-order valence-electron chi connectivity index (χ2n) is 4.78. The molecule has 7 heteroatoms. The van der Waals surface area contributed by atoms with Gasteiger partial charge in [0.1, 0.15) is 11.3 Å². The molecule has 2 rings (SSSR count). The Morgan fingerprint density at radius 2 is 2.24 bits per heavy atom. The molecule has 1 heterocycles. The summed E-state index contributed by atoms with van der Waals surface area (Å²) in [6.07, 6.45) is 0.00780. The lowest BCUT2D eigenvalue weighted by Crippen LogP contribution is -2.46. The van der Waals surface area contributed by atoms with Crippen molar-refractivity contribution in [1.82, 2.24) is 4.90 Å². The molecule has 1 atom stereocenters. The molecular formula is C14H18N2O5. The van der Waals surface area contributed by atoms with E-state index in [1.54, 1.807) is 4.90 Å². The van der Waals surface area contributed by atoms with E-state index >= 15 is 0 Å². The highest BCUT2D eigenvalue weighted by atomic mass is 16.5. The molecule has 0 bridgehead atoms. The lowest BCUT2D eigenvalue weighted by molar-refractivity contribution is -0.00138. The van der Waals surface area contributed by atoms with E-state index in [-0.39, 0.29) is 23.4 Å². The van der Waals surface area contributed by atoms with Crippen LogP contribution in [0, 0.1) is 0 Å². The second kappa shape index (κ2) is 6.45. The fourth-order valence-electron chi connectivity index (χ4n) is 2.15. The summed E-state index contributed by atoms with van der Waals surface area (Å²) in [6, 6.07) is 4.19. The minimum atomic E-state index is -1.08. The Labute approximate surface area is 122 Å². The summed E-state index contributed by atoms with van der Waals surface area (Å²) in [6.45, 7) is 3.47. The number of carbonyl (C=O) groups excluding carboxylic acids is 1. The van der Waals surface area contributed by atoms with Gasteiger partial charge in [-0.25, -0.2) is 9.59 Å². The Bertz CT molecular complexity index is 546. The Morgan fingerprint density at radius 1 is 1.48 bits per heavy atom. The van der Waals surface area contributed by atoms with E-state index in [0.29, 0.717) is 25.4 Å². The fraction of sp³-hybridized carbons (Fsp3) is 0.429. The SMILES string of the molecule is COc1cc(NC(=O)N2CCOC(C)C2)ccc1C(=O)O. The van der Waals surface area contributed by atoms with Crippen molar-refractivity contribution in [3.8, 4) is 5.75 Å². The number of carboxylic acids is 1. The van der Waals surface area contributed by atoms with Crippen molar-refractivity contribution < 1.29 is 24.2 Å². The zero-order valence-corrected chi connectivity index (χ0v) is 12.0. The maximum atomic E-state index is 12.1. The predicted octanol–water partition coefficient (Wildman–Crippen LogP) is 1.65. The molecule has 2 N–H and O–H groups in total. The largest absolute Gasteiger partial charge is 0.496 e. The molecule has 1 saturated heterocycles. The number of benzene rings is 1. The molecular weight excluding hydrogens is 276 g/mol. The number of aromatic carboxylic acids is 1. The van der Waals surface area contributed by atoms with Gasteiger partial charge < -0.3 is 24.8 Å². The smallest absolute Gasteiger partial charge is 0.339 e. The van der Waals surface area contributed by atoms with Crippen LogP contribution in [0.4, 0.5) is 10.5 Å². The molecule has 1 unspecified atom stereocenters. The van der Waals surface area contributed by atoms with Gasteiger partial charge in [-0.1, -0.05) is 0 Å². The lowest BCUT2D eigenvalue weighted by Gasteiger charge is -2.31. The Morgan fingerprint density at radius 3 is 2.86 bits per heavy atom. The van der Waals surface area contributed by atoms with Crippen molar-refractivity contribution in [2.75, 3.05) is 32.1 Å². The number of ether oxygens (including phenoxy) is 2. The van der Waals surface area contributed by atoms with Crippen LogP contribution in [0.25, 0.3) is 0 Å². The lowest BCUT2D eigenvalue weighted by atomic mass is 10.2. The van der Waals surface area contributed by atoms with Gasteiger partial charge in [-0.05, 0) is 19.1 Å². The summed E-state index contributed by atoms with van der Waals surface area (Å²) in [5, 5.41) is 11.7. The zero-order valence-electron chi connectivity index (χ0n) is 12.0. The van der Waals surface area contributed by atoms with Crippen LogP contribution in [-0.4, -0.2) is 54.9 Å². The number of hydrogen-bond acceptors (Lipinski definition) is 4. The highest BCUT2D eigenvalue weighted by Gasteiger charge is 2.21. The van der Waals surface area contributed by atoms with Crippen LogP contribution >= 0.6 is 0 Å². The number of morpholine rings is 1. The minimum absolute atomic E-state index is 0.00780. The van der Waals surface area contributed by atoms with Crippen molar-refractivity contribution in [2.45, 2.75) is 13.0 Å². The Kier molecular flexibility index (Phi) is 4.64. The van der Waals surface area contributed by atoms with Crippen LogP contribution in [0.5, 0.6) is 5.75 Å². The Balaban J connectivity index is 2.08. The average molecular weight is 294 g/mol. The minimum Gasteiger partial charge on any atom is -0.496 e. The molecule has 0 saturated carbocycles. The third-order valence-electron chi connectivity index (χ3n) is 3.21. The van der Waals surface area contributed by atoms with Gasteiger partial charge in [0.25, 0.3) is 0 Å². The molecule has 1 aliphatic heterocycles. The molecule has 7 nitrogen and oxygen atoms in total. The van der Waals surface area contributed by atoms with Crippen LogP contribution in [0.15, 0.2) is 18.2 Å². The molecule has 2 amide bonds. The molecule has 1 aromatic rings. The first kappa shape index (κ1) is 15.1. The highest BCUT2D eigenvalue weighted by molar-refractivity contribution is 5.94. The molecule has 114 valence electrons. The van der Waals surface area contributed by atoms with E-state index in [4.69, 9.17) is 14.6 Å². The van der Waals surface area contributed by atoms with Gasteiger partial charge >= 0.3 is 12.0 Å². The van der Waals surface area contributed by atoms with E-state index in [0.717, 1.165) is 0 Å². The fourth-order valence-corrected chi connectivity index (χ4v) is 2.15. The van der Waals surface area contributed by atoms with Crippen LogP contribution in [-0.2, 0) is 4.74 Å².